The van der Waals surface area contributed by atoms with Gasteiger partial charge in [-0.2, -0.15) is 31.4 Å². The largest absolute Gasteiger partial charge is 0.493 e. The standard InChI is InChI=1S/C34H35F6N9O6/c1-19-11-12-22-21(17-19)25(44-23-9-5-6-10-24(23)49(55-30(53)34(38,39)40)31(41)46-54-29(52)33(35,36)37)45-26(43-22)27(50)47-15-13-32(14-16-47)28(51)42-18-48(32)20-7-3-2-4-8-20/h2-4,7-8,11-12,17,23-24H,5-6,9-10,13-16,18H2,1H3,(H2,41,46)(H,42,51)(H,43,44,45). The van der Waals surface area contributed by atoms with Crippen LogP contribution < -0.4 is 21.3 Å². The van der Waals surface area contributed by atoms with Crippen molar-refractivity contribution in [3.8, 4) is 0 Å². The van der Waals surface area contributed by atoms with Gasteiger partial charge in [0.25, 0.3) is 11.9 Å². The molecule has 0 bridgehead atoms. The number of amides is 2. The fourth-order valence-corrected chi connectivity index (χ4v) is 7.04. The number of halogens is 6. The van der Waals surface area contributed by atoms with E-state index in [1.165, 1.54) is 4.90 Å². The molecule has 3 aliphatic rings. The molecule has 3 aromatic rings. The van der Waals surface area contributed by atoms with E-state index < -0.39 is 53.8 Å². The number of likely N-dealkylation sites (tertiary alicyclic amines) is 1. The maximum atomic E-state index is 14.0. The van der Waals surface area contributed by atoms with E-state index in [-0.39, 0.29) is 48.5 Å². The predicted molar refractivity (Wildman–Crippen MR) is 181 cm³/mol. The lowest BCUT2D eigenvalue weighted by atomic mass is 9.85. The molecule has 6 rings (SSSR count). The molecule has 0 radical (unpaired) electrons. The van der Waals surface area contributed by atoms with E-state index in [0.29, 0.717) is 43.3 Å². The number of para-hydroxylation sites is 1. The molecule has 15 nitrogen and oxygen atoms in total. The number of rotatable bonds is 6. The third-order valence-electron chi connectivity index (χ3n) is 9.77. The van der Waals surface area contributed by atoms with Crippen molar-refractivity contribution in [3.05, 3.63) is 59.9 Å². The Hall–Kier alpha value is -5.89. The first-order valence-electron chi connectivity index (χ1n) is 17.1. The molecule has 4 N–H and O–H groups in total. The number of piperidine rings is 1. The quantitative estimate of drug-likeness (QED) is 0.108. The minimum absolute atomic E-state index is 0.0246. The third-order valence-corrected chi connectivity index (χ3v) is 9.77. The molecule has 3 fully saturated rings. The predicted octanol–water partition coefficient (Wildman–Crippen LogP) is 3.89. The zero-order valence-electron chi connectivity index (χ0n) is 29.1. The number of nitrogens with one attached hydrogen (secondary N) is 2. The van der Waals surface area contributed by atoms with Crippen LogP contribution in [-0.2, 0) is 24.1 Å². The summed E-state index contributed by atoms with van der Waals surface area (Å²) in [4.78, 5) is 71.2. The lowest BCUT2D eigenvalue weighted by molar-refractivity contribution is -0.232. The SMILES string of the molecule is Cc1ccc2nc(C(=O)N3CCC4(CC3)C(=O)NCN4c3ccccc3)nc(NC3CCCCC3N(OC(=O)C(F)(F)F)/C(N)=N/OC(=O)C(F)(F)F)c2c1. The Morgan fingerprint density at radius 1 is 0.982 bits per heavy atom. The molecule has 2 saturated heterocycles. The van der Waals surface area contributed by atoms with Crippen LogP contribution in [0.25, 0.3) is 10.9 Å². The number of benzene rings is 2. The number of anilines is 2. The number of oxime groups is 1. The van der Waals surface area contributed by atoms with Gasteiger partial charge >= 0.3 is 24.3 Å². The summed E-state index contributed by atoms with van der Waals surface area (Å²) in [6.07, 6.45) is -9.43. The van der Waals surface area contributed by atoms with Crippen LogP contribution in [0.15, 0.2) is 53.7 Å². The first-order chi connectivity index (χ1) is 26.0. The van der Waals surface area contributed by atoms with Gasteiger partial charge in [0.2, 0.25) is 11.7 Å². The van der Waals surface area contributed by atoms with Crippen LogP contribution in [0.1, 0.15) is 54.7 Å². The third kappa shape index (κ3) is 8.14. The molecule has 1 saturated carbocycles. The Kier molecular flexibility index (Phi) is 10.7. The number of carbonyl (C=O) groups excluding carboxylic acids is 4. The van der Waals surface area contributed by atoms with Crippen molar-refractivity contribution in [3.63, 3.8) is 0 Å². The summed E-state index contributed by atoms with van der Waals surface area (Å²) < 4.78 is 78.3. The number of alkyl halides is 6. The first-order valence-corrected chi connectivity index (χ1v) is 17.1. The van der Waals surface area contributed by atoms with Crippen molar-refractivity contribution in [1.29, 1.82) is 0 Å². The Morgan fingerprint density at radius 3 is 2.33 bits per heavy atom. The van der Waals surface area contributed by atoms with Crippen molar-refractivity contribution < 1.29 is 55.2 Å². The van der Waals surface area contributed by atoms with Crippen molar-refractivity contribution in [2.75, 3.05) is 30.0 Å². The molecule has 1 spiro atoms. The molecular formula is C34H35F6N9O6. The van der Waals surface area contributed by atoms with Gasteiger partial charge in [0.05, 0.1) is 24.3 Å². The van der Waals surface area contributed by atoms with E-state index in [2.05, 4.69) is 35.4 Å². The Morgan fingerprint density at radius 2 is 1.65 bits per heavy atom. The number of nitrogens with two attached hydrogens (primary N) is 1. The van der Waals surface area contributed by atoms with Gasteiger partial charge in [-0.05, 0) is 62.0 Å². The summed E-state index contributed by atoms with van der Waals surface area (Å²) in [5, 5.41) is 9.41. The number of aromatic nitrogens is 2. The normalized spacial score (nSPS) is 20.3. The van der Waals surface area contributed by atoms with E-state index in [9.17, 15) is 45.5 Å². The lowest BCUT2D eigenvalue weighted by Crippen LogP contribution is -2.57. The fourth-order valence-electron chi connectivity index (χ4n) is 7.04. The number of fused-ring (bicyclic) bond motifs is 1. The Bertz CT molecular complexity index is 1990. The molecule has 55 heavy (non-hydrogen) atoms. The molecular weight excluding hydrogens is 744 g/mol. The van der Waals surface area contributed by atoms with Crippen LogP contribution in [0.2, 0.25) is 0 Å². The molecule has 1 aromatic heterocycles. The maximum Gasteiger partial charge on any atom is 0.493 e. The highest BCUT2D eigenvalue weighted by atomic mass is 19.4. The van der Waals surface area contributed by atoms with E-state index in [4.69, 9.17) is 5.73 Å². The average molecular weight is 780 g/mol. The van der Waals surface area contributed by atoms with Crippen molar-refractivity contribution in [2.24, 2.45) is 10.9 Å². The molecule has 2 atom stereocenters. The molecule has 1 aliphatic carbocycles. The number of hydrogen-bond donors (Lipinski definition) is 3. The Balaban J connectivity index is 1.28. The number of aryl methyl sites for hydroxylation is 1. The van der Waals surface area contributed by atoms with Crippen molar-refractivity contribution in [1.82, 2.24) is 25.2 Å². The van der Waals surface area contributed by atoms with Gasteiger partial charge in [0.15, 0.2) is 0 Å². The van der Waals surface area contributed by atoms with E-state index in [1.807, 2.05) is 35.2 Å². The molecule has 3 heterocycles. The summed E-state index contributed by atoms with van der Waals surface area (Å²) in [6, 6.07) is 12.2. The van der Waals surface area contributed by atoms with Crippen LogP contribution in [0.4, 0.5) is 37.8 Å². The highest BCUT2D eigenvalue weighted by molar-refractivity contribution is 5.98. The average Bonchev–Trinajstić information content (AvgIpc) is 3.46. The minimum Gasteiger partial charge on any atom is -0.365 e. The highest BCUT2D eigenvalue weighted by Crippen LogP contribution is 2.37. The zero-order chi connectivity index (χ0) is 39.7. The summed E-state index contributed by atoms with van der Waals surface area (Å²) in [6.45, 7) is 2.47. The number of carbonyl (C=O) groups is 4. The maximum absolute atomic E-state index is 14.0. The van der Waals surface area contributed by atoms with Crippen LogP contribution in [-0.4, -0.2) is 99.4 Å². The second-order valence-corrected chi connectivity index (χ2v) is 13.3. The fraction of sp³-hybridized carbons (Fsp3) is 0.441. The summed E-state index contributed by atoms with van der Waals surface area (Å²) in [7, 11) is 0. The monoisotopic (exact) mass is 779 g/mol. The zero-order valence-corrected chi connectivity index (χ0v) is 29.1. The number of hydrogen-bond acceptors (Lipinski definition) is 11. The first kappa shape index (κ1) is 38.8. The van der Waals surface area contributed by atoms with Crippen molar-refractivity contribution >= 4 is 52.1 Å². The molecule has 2 aliphatic heterocycles. The van der Waals surface area contributed by atoms with Gasteiger partial charge in [-0.15, -0.1) is 0 Å². The van der Waals surface area contributed by atoms with Crippen LogP contribution in [0, 0.1) is 6.92 Å². The van der Waals surface area contributed by atoms with Gasteiger partial charge in [-0.1, -0.05) is 42.7 Å². The summed E-state index contributed by atoms with van der Waals surface area (Å²) in [5.74, 6) is -7.70. The molecule has 21 heteroatoms. The minimum atomic E-state index is -5.55. The van der Waals surface area contributed by atoms with Gasteiger partial charge in [0.1, 0.15) is 11.4 Å². The van der Waals surface area contributed by atoms with Crippen LogP contribution in [0.3, 0.4) is 0 Å². The Labute approximate surface area is 308 Å². The second-order valence-electron chi connectivity index (χ2n) is 13.3. The molecule has 294 valence electrons. The van der Waals surface area contributed by atoms with E-state index >= 15 is 0 Å². The van der Waals surface area contributed by atoms with Gasteiger partial charge in [0, 0.05) is 24.2 Å². The topological polar surface area (TPSA) is 185 Å². The van der Waals surface area contributed by atoms with Gasteiger partial charge < -0.3 is 35.8 Å². The summed E-state index contributed by atoms with van der Waals surface area (Å²) in [5.41, 5.74) is 6.77. The number of guanidine groups is 1. The smallest absolute Gasteiger partial charge is 0.365 e. The second kappa shape index (κ2) is 15.1. The van der Waals surface area contributed by atoms with E-state index in [1.54, 1.807) is 25.1 Å². The molecule has 2 unspecified atom stereocenters. The van der Waals surface area contributed by atoms with Gasteiger partial charge in [-0.25, -0.2) is 19.6 Å². The van der Waals surface area contributed by atoms with Crippen molar-refractivity contribution in [2.45, 2.75) is 75.4 Å². The number of hydroxylamine groups is 2. The van der Waals surface area contributed by atoms with Gasteiger partial charge in [-0.3, -0.25) is 9.59 Å². The lowest BCUT2D eigenvalue weighted by Gasteiger charge is -2.43. The highest BCUT2D eigenvalue weighted by Gasteiger charge is 2.51. The molecule has 2 aromatic carbocycles. The molecule has 2 amide bonds. The summed E-state index contributed by atoms with van der Waals surface area (Å²) >= 11 is 0. The van der Waals surface area contributed by atoms with Crippen LogP contribution in [0.5, 0.6) is 0 Å². The number of nitrogens with zero attached hydrogens (tertiary/aromatic N) is 6. The van der Waals surface area contributed by atoms with E-state index in [0.717, 1.165) is 11.3 Å². The van der Waals surface area contributed by atoms with Crippen LogP contribution >= 0.6 is 0 Å².